The average molecular weight is 818 g/mol. The van der Waals surface area contributed by atoms with Crippen LogP contribution in [-0.2, 0) is 38.3 Å². The maximum Gasteiger partial charge on any atom is 0.286 e. The summed E-state index contributed by atoms with van der Waals surface area (Å²) in [5, 5.41) is 0.727. The van der Waals surface area contributed by atoms with Crippen molar-refractivity contribution in [1.29, 1.82) is 0 Å². The minimum Gasteiger partial charge on any atom is -0.490 e. The van der Waals surface area contributed by atoms with E-state index in [9.17, 15) is 18.6 Å². The number of rotatable bonds is 5. The molecule has 4 heterocycles. The number of methoxy groups -OCH3 is 2. The van der Waals surface area contributed by atoms with E-state index in [1.54, 1.807) is 36.8 Å². The van der Waals surface area contributed by atoms with Gasteiger partial charge in [-0.25, -0.2) is 4.21 Å². The van der Waals surface area contributed by atoms with Crippen molar-refractivity contribution in [3.63, 3.8) is 0 Å². The summed E-state index contributed by atoms with van der Waals surface area (Å²) >= 11 is 6.47. The first-order chi connectivity index (χ1) is 27.4. The molecule has 8 rings (SSSR count). The SMILES string of the molecule is COC1CN(C(=O)c2cc(C(=O)NS3(=O)=NC(=O)c4ccc5c(c4)N(C[C@@H]4CC[C@H]4[C@@H](OC)/C=C/C[C@H](C)C3)C[C@@]3(CCCc4cc(Cl)ccc43)CO5)cn2C)C1. The minimum absolute atomic E-state index is 0.0164. The molecule has 3 aromatic rings. The highest BCUT2D eigenvalue weighted by Crippen LogP contribution is 2.47. The maximum absolute atomic E-state index is 14.8. The summed E-state index contributed by atoms with van der Waals surface area (Å²) in [6, 6.07) is 13.0. The molecular weight excluding hydrogens is 766 g/mol. The molecule has 2 bridgehead atoms. The number of aromatic nitrogens is 1. The normalized spacial score (nSPS) is 29.5. The van der Waals surface area contributed by atoms with E-state index < -0.39 is 21.7 Å². The van der Waals surface area contributed by atoms with E-state index in [2.05, 4.69) is 38.3 Å². The zero-order valence-corrected chi connectivity index (χ0v) is 34.7. The molecule has 5 aliphatic rings. The molecule has 1 spiro atoms. The molecule has 3 aliphatic heterocycles. The van der Waals surface area contributed by atoms with E-state index in [1.807, 2.05) is 25.1 Å². The van der Waals surface area contributed by atoms with Crippen molar-refractivity contribution in [1.82, 2.24) is 14.2 Å². The van der Waals surface area contributed by atoms with E-state index >= 15 is 0 Å². The summed E-state index contributed by atoms with van der Waals surface area (Å²) in [5.41, 5.74) is 3.73. The molecule has 57 heavy (non-hydrogen) atoms. The second kappa shape index (κ2) is 15.9. The summed E-state index contributed by atoms with van der Waals surface area (Å²) < 4.78 is 41.4. The second-order valence-electron chi connectivity index (χ2n) is 16.7. The molecule has 1 saturated carbocycles. The predicted octanol–water partition coefficient (Wildman–Crippen LogP) is 6.21. The van der Waals surface area contributed by atoms with Crippen LogP contribution in [0.25, 0.3) is 0 Å². The van der Waals surface area contributed by atoms with Crippen molar-refractivity contribution < 1.29 is 32.8 Å². The van der Waals surface area contributed by atoms with E-state index in [0.717, 1.165) is 49.4 Å². The van der Waals surface area contributed by atoms with Crippen molar-refractivity contribution in [3.8, 4) is 5.75 Å². The lowest BCUT2D eigenvalue weighted by atomic mass is 9.68. The summed E-state index contributed by atoms with van der Waals surface area (Å²) in [7, 11) is 1.39. The van der Waals surface area contributed by atoms with Gasteiger partial charge in [0.05, 0.1) is 35.8 Å². The van der Waals surface area contributed by atoms with Crippen LogP contribution < -0.4 is 14.4 Å². The fourth-order valence-electron chi connectivity index (χ4n) is 9.39. The van der Waals surface area contributed by atoms with Gasteiger partial charge in [0.15, 0.2) is 0 Å². The quantitative estimate of drug-likeness (QED) is 0.301. The number of carbonyl (C=O) groups excluding carboxylic acids is 3. The van der Waals surface area contributed by atoms with Crippen LogP contribution in [0.15, 0.2) is 65.2 Å². The predicted molar refractivity (Wildman–Crippen MR) is 219 cm³/mol. The standard InChI is InChI=1S/C43H52ClN5O7S/c1-27-7-5-9-38(55-4)34-13-10-30(34)21-49-25-43(16-6-8-28-17-32(44)12-14-35(28)43)26-56-39-15-11-29(18-36(39)49)40(50)45-57(53,24-27)46-41(51)31-19-37(47(2)20-31)42(52)48-22-33(23-48)54-3/h5,9,11-12,14-15,17-20,27,30,33-34,38H,6-8,10,13,16,21-26H2,1-4H3,(H,45,46,50,51,53)/b9-5+/t27-,30-,34+,38-,43-,57?/m0/s1. The average Bonchev–Trinajstić information content (AvgIpc) is 3.48. The van der Waals surface area contributed by atoms with Crippen LogP contribution in [-0.4, -0.2) is 96.4 Å². The topological polar surface area (TPSA) is 132 Å². The first-order valence-electron chi connectivity index (χ1n) is 20.0. The Morgan fingerprint density at radius 1 is 1.07 bits per heavy atom. The molecule has 2 aliphatic carbocycles. The van der Waals surface area contributed by atoms with Crippen LogP contribution in [0.2, 0.25) is 5.02 Å². The molecule has 1 saturated heterocycles. The van der Waals surface area contributed by atoms with Gasteiger partial charge in [0, 0.05) is 69.6 Å². The van der Waals surface area contributed by atoms with E-state index in [-0.39, 0.29) is 46.3 Å². The van der Waals surface area contributed by atoms with Crippen LogP contribution >= 0.6 is 11.6 Å². The number of benzene rings is 2. The summed E-state index contributed by atoms with van der Waals surface area (Å²) in [6.07, 6.45) is 11.2. The molecule has 6 atom stereocenters. The van der Waals surface area contributed by atoms with Gasteiger partial charge in [0.2, 0.25) is 0 Å². The molecule has 1 aromatic heterocycles. The van der Waals surface area contributed by atoms with Crippen molar-refractivity contribution in [2.24, 2.45) is 29.2 Å². The van der Waals surface area contributed by atoms with E-state index in [1.165, 1.54) is 23.4 Å². The number of hydrogen-bond donors (Lipinski definition) is 1. The summed E-state index contributed by atoms with van der Waals surface area (Å²) in [5.74, 6) is -0.520. The lowest BCUT2D eigenvalue weighted by Gasteiger charge is -2.46. The number of nitrogens with one attached hydrogen (secondary N) is 1. The number of hydrogen-bond acceptors (Lipinski definition) is 8. The van der Waals surface area contributed by atoms with Gasteiger partial charge in [0.1, 0.15) is 21.4 Å². The van der Waals surface area contributed by atoms with Crippen molar-refractivity contribution >= 4 is 44.9 Å². The Labute approximate surface area is 340 Å². The molecule has 304 valence electrons. The minimum atomic E-state index is -3.65. The molecule has 0 radical (unpaired) electrons. The number of aryl methyl sites for hydroxylation is 2. The van der Waals surface area contributed by atoms with Crippen molar-refractivity contribution in [2.75, 3.05) is 57.7 Å². The number of carbonyl (C=O) groups is 3. The Hall–Kier alpha value is -4.17. The third-order valence-corrected chi connectivity index (χ3v) is 14.9. The Kier molecular flexibility index (Phi) is 11.0. The number of anilines is 1. The third kappa shape index (κ3) is 7.88. The molecule has 3 amide bonds. The molecule has 12 nitrogen and oxygen atoms in total. The number of halogens is 1. The van der Waals surface area contributed by atoms with E-state index in [0.29, 0.717) is 55.9 Å². The van der Waals surface area contributed by atoms with Gasteiger partial charge < -0.3 is 28.6 Å². The Balaban J connectivity index is 1.14. The molecular formula is C43H52ClN5O7S. The highest BCUT2D eigenvalue weighted by atomic mass is 35.5. The molecule has 2 aromatic carbocycles. The van der Waals surface area contributed by atoms with Crippen LogP contribution in [0.4, 0.5) is 5.69 Å². The smallest absolute Gasteiger partial charge is 0.286 e. The Morgan fingerprint density at radius 2 is 1.89 bits per heavy atom. The second-order valence-corrected chi connectivity index (χ2v) is 19.1. The largest absolute Gasteiger partial charge is 0.490 e. The highest BCUT2D eigenvalue weighted by molar-refractivity contribution is 7.92. The van der Waals surface area contributed by atoms with Crippen LogP contribution in [0.5, 0.6) is 5.75 Å². The van der Waals surface area contributed by atoms with Crippen molar-refractivity contribution in [2.45, 2.75) is 63.1 Å². The third-order valence-electron chi connectivity index (χ3n) is 12.7. The van der Waals surface area contributed by atoms with Crippen LogP contribution in [0.1, 0.15) is 81.4 Å². The first-order valence-corrected chi connectivity index (χ1v) is 22.0. The van der Waals surface area contributed by atoms with Crippen LogP contribution in [0, 0.1) is 17.8 Å². The van der Waals surface area contributed by atoms with Gasteiger partial charge in [-0.1, -0.05) is 36.7 Å². The summed E-state index contributed by atoms with van der Waals surface area (Å²) in [6.45, 7) is 4.78. The number of amides is 3. The van der Waals surface area contributed by atoms with Gasteiger partial charge in [0.25, 0.3) is 17.7 Å². The van der Waals surface area contributed by atoms with Gasteiger partial charge in [-0.3, -0.25) is 19.1 Å². The lowest BCUT2D eigenvalue weighted by Crippen LogP contribution is -2.54. The number of allylic oxidation sites excluding steroid dienone is 1. The fraction of sp³-hybridized carbons (Fsp3) is 0.512. The monoisotopic (exact) mass is 817 g/mol. The lowest BCUT2D eigenvalue weighted by molar-refractivity contribution is -0.0196. The maximum atomic E-state index is 14.8. The number of fused-ring (bicyclic) bond motifs is 4. The molecule has 14 heteroatoms. The van der Waals surface area contributed by atoms with Gasteiger partial charge in [-0.05, 0) is 104 Å². The number of likely N-dealkylation sites (tertiary alicyclic amines) is 1. The summed E-state index contributed by atoms with van der Waals surface area (Å²) in [4.78, 5) is 45.2. The van der Waals surface area contributed by atoms with Crippen molar-refractivity contribution in [3.05, 3.63) is 93.8 Å². The van der Waals surface area contributed by atoms with E-state index in [4.69, 9.17) is 25.8 Å². The van der Waals surface area contributed by atoms with Gasteiger partial charge >= 0.3 is 0 Å². The van der Waals surface area contributed by atoms with Gasteiger partial charge in [-0.2, -0.15) is 0 Å². The molecule has 2 fully saturated rings. The number of nitrogens with zero attached hydrogens (tertiary/aromatic N) is 4. The molecule has 1 N–H and O–H groups in total. The Morgan fingerprint density at radius 3 is 2.65 bits per heavy atom. The first kappa shape index (κ1) is 39.6. The number of ether oxygens (including phenoxy) is 3. The Bertz CT molecular complexity index is 2230. The zero-order valence-electron chi connectivity index (χ0n) is 33.1. The zero-order chi connectivity index (χ0) is 40.1. The van der Waals surface area contributed by atoms with Gasteiger partial charge in [-0.15, -0.1) is 4.36 Å². The molecule has 1 unspecified atom stereocenters. The van der Waals surface area contributed by atoms with Crippen LogP contribution in [0.3, 0.4) is 0 Å². The highest BCUT2D eigenvalue weighted by Gasteiger charge is 2.44. The fourth-order valence-corrected chi connectivity index (χ4v) is 11.5.